The lowest BCUT2D eigenvalue weighted by atomic mass is 10.1. The predicted molar refractivity (Wildman–Crippen MR) is 77.8 cm³/mol. The fourth-order valence-electron chi connectivity index (χ4n) is 2.24. The predicted octanol–water partition coefficient (Wildman–Crippen LogP) is 2.81. The molecule has 1 aliphatic heterocycles. The highest BCUT2D eigenvalue weighted by Gasteiger charge is 2.30. The maximum absolute atomic E-state index is 11.4. The van der Waals surface area contributed by atoms with E-state index in [1.54, 1.807) is 6.07 Å². The molecule has 19 heavy (non-hydrogen) atoms. The molecular formula is C14H19ClN2O2. The first-order chi connectivity index (χ1) is 8.93. The van der Waals surface area contributed by atoms with Crippen LogP contribution in [0.4, 0.5) is 11.4 Å². The average Bonchev–Trinajstić information content (AvgIpc) is 2.64. The fourth-order valence-corrected chi connectivity index (χ4v) is 2.56. The van der Waals surface area contributed by atoms with E-state index in [9.17, 15) is 9.90 Å². The molecule has 2 N–H and O–H groups in total. The van der Waals surface area contributed by atoms with Gasteiger partial charge in [0.1, 0.15) is 0 Å². The van der Waals surface area contributed by atoms with Crippen molar-refractivity contribution in [3.05, 3.63) is 22.7 Å². The van der Waals surface area contributed by atoms with Gasteiger partial charge in [-0.25, -0.2) is 0 Å². The molecule has 0 fully saturated rings. The largest absolute Gasteiger partial charge is 0.378 e. The van der Waals surface area contributed by atoms with Crippen molar-refractivity contribution in [3.63, 3.8) is 0 Å². The van der Waals surface area contributed by atoms with Crippen molar-refractivity contribution in [1.82, 2.24) is 0 Å². The van der Waals surface area contributed by atoms with E-state index in [1.165, 1.54) is 0 Å². The molecule has 1 amide bonds. The summed E-state index contributed by atoms with van der Waals surface area (Å²) >= 11 is 6.25. The van der Waals surface area contributed by atoms with Crippen LogP contribution in [0.5, 0.6) is 0 Å². The standard InChI is InChI=1S/C14H19ClN2O2/c1-4-8(2)7-17(3)12-6-11-9(5-10(12)15)13(18)14(19)16-11/h5-6,8,13,18H,4,7H2,1-3H3,(H,16,19). The highest BCUT2D eigenvalue weighted by Crippen LogP contribution is 2.38. The Labute approximate surface area is 118 Å². The van der Waals surface area contributed by atoms with E-state index in [-0.39, 0.29) is 0 Å². The van der Waals surface area contributed by atoms with Crippen LogP contribution in [0.25, 0.3) is 0 Å². The van der Waals surface area contributed by atoms with E-state index in [0.29, 0.717) is 22.2 Å². The zero-order valence-corrected chi connectivity index (χ0v) is 12.2. The molecule has 2 atom stereocenters. The monoisotopic (exact) mass is 282 g/mol. The summed E-state index contributed by atoms with van der Waals surface area (Å²) in [5, 5.41) is 12.9. The van der Waals surface area contributed by atoms with Crippen molar-refractivity contribution >= 4 is 28.9 Å². The van der Waals surface area contributed by atoms with Crippen LogP contribution in [0.15, 0.2) is 12.1 Å². The fraction of sp³-hybridized carbons (Fsp3) is 0.500. The minimum absolute atomic E-state index is 0.396. The van der Waals surface area contributed by atoms with Gasteiger partial charge in [-0.05, 0) is 18.1 Å². The van der Waals surface area contributed by atoms with Crippen molar-refractivity contribution in [2.24, 2.45) is 5.92 Å². The lowest BCUT2D eigenvalue weighted by Gasteiger charge is -2.24. The maximum atomic E-state index is 11.4. The number of rotatable bonds is 4. The summed E-state index contributed by atoms with van der Waals surface area (Å²) < 4.78 is 0. The van der Waals surface area contributed by atoms with Gasteiger partial charge in [-0.15, -0.1) is 0 Å². The molecule has 1 aromatic carbocycles. The van der Waals surface area contributed by atoms with Crippen molar-refractivity contribution in [2.75, 3.05) is 23.8 Å². The zero-order chi connectivity index (χ0) is 14.2. The summed E-state index contributed by atoms with van der Waals surface area (Å²) in [6.45, 7) is 5.23. The number of aliphatic hydroxyl groups is 1. The molecule has 0 radical (unpaired) electrons. The molecule has 0 spiro atoms. The highest BCUT2D eigenvalue weighted by atomic mass is 35.5. The van der Waals surface area contributed by atoms with E-state index in [1.807, 2.05) is 13.1 Å². The summed E-state index contributed by atoms with van der Waals surface area (Å²) in [4.78, 5) is 13.5. The molecule has 0 aliphatic carbocycles. The van der Waals surface area contributed by atoms with Gasteiger partial charge in [0.05, 0.1) is 10.7 Å². The minimum atomic E-state index is -1.11. The lowest BCUT2D eigenvalue weighted by Crippen LogP contribution is -2.24. The first-order valence-corrected chi connectivity index (χ1v) is 6.85. The Balaban J connectivity index is 2.29. The van der Waals surface area contributed by atoms with E-state index in [0.717, 1.165) is 18.7 Å². The Kier molecular flexibility index (Phi) is 4.02. The van der Waals surface area contributed by atoms with E-state index in [2.05, 4.69) is 24.1 Å². The Bertz CT molecular complexity index is 504. The number of nitrogens with one attached hydrogen (secondary N) is 1. The number of benzene rings is 1. The Morgan fingerprint density at radius 2 is 2.21 bits per heavy atom. The van der Waals surface area contributed by atoms with Gasteiger partial charge in [0.2, 0.25) is 0 Å². The smallest absolute Gasteiger partial charge is 0.257 e. The number of carbonyl (C=O) groups excluding carboxylic acids is 1. The molecule has 1 heterocycles. The third-order valence-corrected chi connectivity index (χ3v) is 3.92. The average molecular weight is 283 g/mol. The SMILES string of the molecule is CCC(C)CN(C)c1cc2c(cc1Cl)C(O)C(=O)N2. The number of hydrogen-bond donors (Lipinski definition) is 2. The van der Waals surface area contributed by atoms with Crippen LogP contribution in [-0.4, -0.2) is 24.6 Å². The zero-order valence-electron chi connectivity index (χ0n) is 11.4. The quantitative estimate of drug-likeness (QED) is 0.893. The van der Waals surface area contributed by atoms with E-state index in [4.69, 9.17) is 11.6 Å². The topological polar surface area (TPSA) is 52.6 Å². The number of anilines is 2. The first-order valence-electron chi connectivity index (χ1n) is 6.47. The number of aliphatic hydroxyl groups excluding tert-OH is 1. The maximum Gasteiger partial charge on any atom is 0.257 e. The van der Waals surface area contributed by atoms with Gasteiger partial charge in [0.15, 0.2) is 6.10 Å². The van der Waals surface area contributed by atoms with Gasteiger partial charge in [0, 0.05) is 24.8 Å². The number of amides is 1. The Hall–Kier alpha value is -1.26. The minimum Gasteiger partial charge on any atom is -0.378 e. The highest BCUT2D eigenvalue weighted by molar-refractivity contribution is 6.33. The summed E-state index contributed by atoms with van der Waals surface area (Å²) in [7, 11) is 1.98. The van der Waals surface area contributed by atoms with Crippen LogP contribution in [0, 0.1) is 5.92 Å². The molecule has 0 saturated heterocycles. The van der Waals surface area contributed by atoms with E-state index >= 15 is 0 Å². The number of hydrogen-bond acceptors (Lipinski definition) is 3. The second kappa shape index (κ2) is 5.39. The molecule has 1 aliphatic rings. The summed E-state index contributed by atoms with van der Waals surface area (Å²) in [5.74, 6) is 0.169. The molecule has 0 bridgehead atoms. The van der Waals surface area contributed by atoms with Gasteiger partial charge < -0.3 is 15.3 Å². The molecule has 2 rings (SSSR count). The van der Waals surface area contributed by atoms with Crippen LogP contribution in [0.3, 0.4) is 0 Å². The first kappa shape index (κ1) is 14.2. The van der Waals surface area contributed by atoms with Crippen molar-refractivity contribution in [2.45, 2.75) is 26.4 Å². The van der Waals surface area contributed by atoms with Crippen LogP contribution in [0.1, 0.15) is 31.9 Å². The van der Waals surface area contributed by atoms with Gasteiger partial charge >= 0.3 is 0 Å². The molecule has 0 aromatic heterocycles. The molecule has 104 valence electrons. The number of halogens is 1. The van der Waals surface area contributed by atoms with Crippen LogP contribution < -0.4 is 10.2 Å². The lowest BCUT2D eigenvalue weighted by molar-refractivity contribution is -0.123. The van der Waals surface area contributed by atoms with Gasteiger partial charge in [-0.2, -0.15) is 0 Å². The van der Waals surface area contributed by atoms with Crippen LogP contribution in [-0.2, 0) is 4.79 Å². The van der Waals surface area contributed by atoms with Gasteiger partial charge in [0.25, 0.3) is 5.91 Å². The third-order valence-electron chi connectivity index (χ3n) is 3.61. The Morgan fingerprint density at radius 3 is 2.84 bits per heavy atom. The van der Waals surface area contributed by atoms with E-state index < -0.39 is 12.0 Å². The van der Waals surface area contributed by atoms with Gasteiger partial charge in [-0.1, -0.05) is 31.9 Å². The summed E-state index contributed by atoms with van der Waals surface area (Å²) in [6, 6.07) is 3.50. The van der Waals surface area contributed by atoms with Crippen LogP contribution in [0.2, 0.25) is 5.02 Å². The summed E-state index contributed by atoms with van der Waals surface area (Å²) in [5.41, 5.74) is 2.07. The van der Waals surface area contributed by atoms with Gasteiger partial charge in [-0.3, -0.25) is 4.79 Å². The van der Waals surface area contributed by atoms with Crippen LogP contribution >= 0.6 is 11.6 Å². The molecule has 1 aromatic rings. The second-order valence-electron chi connectivity index (χ2n) is 5.18. The molecule has 0 saturated carbocycles. The summed E-state index contributed by atoms with van der Waals surface area (Å²) in [6.07, 6.45) is -0.0102. The number of nitrogens with zero attached hydrogens (tertiary/aromatic N) is 1. The molecule has 5 heteroatoms. The molecule has 4 nitrogen and oxygen atoms in total. The molecular weight excluding hydrogens is 264 g/mol. The second-order valence-corrected chi connectivity index (χ2v) is 5.58. The van der Waals surface area contributed by atoms with Crippen molar-refractivity contribution in [3.8, 4) is 0 Å². The number of carbonyl (C=O) groups is 1. The number of fused-ring (bicyclic) bond motifs is 1. The molecule has 2 unspecified atom stereocenters. The third kappa shape index (κ3) is 2.69. The normalized spacial score (nSPS) is 19.0. The Morgan fingerprint density at radius 1 is 1.53 bits per heavy atom. The van der Waals surface area contributed by atoms with Crippen molar-refractivity contribution in [1.29, 1.82) is 0 Å². The van der Waals surface area contributed by atoms with Crippen molar-refractivity contribution < 1.29 is 9.90 Å².